The Balaban J connectivity index is 1.98. The van der Waals surface area contributed by atoms with Crippen LogP contribution in [0, 0.1) is 0 Å². The van der Waals surface area contributed by atoms with E-state index in [4.69, 9.17) is 0 Å². The van der Waals surface area contributed by atoms with Crippen molar-refractivity contribution in [2.75, 3.05) is 13.1 Å². The number of halogens is 3. The first-order chi connectivity index (χ1) is 10.3. The van der Waals surface area contributed by atoms with E-state index in [1.165, 1.54) is 0 Å². The van der Waals surface area contributed by atoms with Crippen LogP contribution in [0.3, 0.4) is 0 Å². The predicted octanol–water partition coefficient (Wildman–Crippen LogP) is -0.134. The summed E-state index contributed by atoms with van der Waals surface area (Å²) in [4.78, 5) is 38.3. The number of piperidine rings is 2. The van der Waals surface area contributed by atoms with E-state index in [1.807, 2.05) is 0 Å². The fourth-order valence-electron chi connectivity index (χ4n) is 2.42. The van der Waals surface area contributed by atoms with E-state index >= 15 is 0 Å². The van der Waals surface area contributed by atoms with Crippen molar-refractivity contribution < 1.29 is 32.4 Å². The van der Waals surface area contributed by atoms with Crippen LogP contribution in [-0.2, 0) is 19.2 Å². The molecule has 2 saturated heterocycles. The van der Waals surface area contributed by atoms with Crippen molar-refractivity contribution in [3.8, 4) is 0 Å². The molecular weight excluding hydrogens is 307 g/mol. The predicted molar refractivity (Wildman–Crippen MR) is 66.0 cm³/mol. The molecule has 0 radical (unpaired) electrons. The zero-order chi connectivity index (χ0) is 16.3. The molecule has 2 aliphatic rings. The molecule has 2 fully saturated rings. The van der Waals surface area contributed by atoms with Crippen LogP contribution in [0.2, 0.25) is 0 Å². The molecule has 124 valence electrons. The Morgan fingerprint density at radius 1 is 1.23 bits per heavy atom. The molecule has 0 aromatic carbocycles. The average Bonchev–Trinajstić information content (AvgIpc) is 2.46. The summed E-state index contributed by atoms with van der Waals surface area (Å²) in [5.41, 5.74) is 0. The Morgan fingerprint density at radius 2 is 1.86 bits per heavy atom. The number of nitrogens with zero attached hydrogens (tertiary/aromatic N) is 1. The van der Waals surface area contributed by atoms with Gasteiger partial charge in [-0.15, -0.1) is 5.06 Å². The van der Waals surface area contributed by atoms with Crippen molar-refractivity contribution in [1.82, 2.24) is 15.7 Å². The van der Waals surface area contributed by atoms with Gasteiger partial charge in [-0.1, -0.05) is 0 Å². The van der Waals surface area contributed by atoms with Crippen LogP contribution in [0.25, 0.3) is 0 Å². The molecule has 0 saturated carbocycles. The summed E-state index contributed by atoms with van der Waals surface area (Å²) < 4.78 is 36.5. The number of hydroxylamine groups is 2. The SMILES string of the molecule is O=C1CCC(NC2CCNCC2)C(=O)N1OC(=O)C(F)(F)F. The maximum Gasteiger partial charge on any atom is 0.493 e. The highest BCUT2D eigenvalue weighted by Gasteiger charge is 2.46. The smallest absolute Gasteiger partial charge is 0.321 e. The van der Waals surface area contributed by atoms with Gasteiger partial charge < -0.3 is 15.5 Å². The lowest BCUT2D eigenvalue weighted by molar-refractivity contribution is -0.237. The molecule has 22 heavy (non-hydrogen) atoms. The van der Waals surface area contributed by atoms with Crippen molar-refractivity contribution in [3.63, 3.8) is 0 Å². The van der Waals surface area contributed by atoms with Crippen molar-refractivity contribution >= 4 is 17.8 Å². The van der Waals surface area contributed by atoms with Crippen molar-refractivity contribution in [3.05, 3.63) is 0 Å². The third-order valence-electron chi connectivity index (χ3n) is 3.55. The molecule has 7 nitrogen and oxygen atoms in total. The Kier molecular flexibility index (Phi) is 5.01. The zero-order valence-electron chi connectivity index (χ0n) is 11.6. The van der Waals surface area contributed by atoms with E-state index in [0.29, 0.717) is 0 Å². The van der Waals surface area contributed by atoms with Gasteiger partial charge in [-0.05, 0) is 32.4 Å². The highest BCUT2D eigenvalue weighted by Crippen LogP contribution is 2.21. The van der Waals surface area contributed by atoms with Crippen LogP contribution in [-0.4, -0.2) is 54.2 Å². The standard InChI is InChI=1S/C12H16F3N3O4/c13-12(14,15)11(21)22-18-9(19)2-1-8(10(18)20)17-7-3-5-16-6-4-7/h7-8,16-17H,1-6H2. The third kappa shape index (κ3) is 3.95. The van der Waals surface area contributed by atoms with Gasteiger partial charge in [0.05, 0.1) is 6.04 Å². The summed E-state index contributed by atoms with van der Waals surface area (Å²) in [6, 6.07) is -0.801. The van der Waals surface area contributed by atoms with Gasteiger partial charge in [0.1, 0.15) is 0 Å². The normalized spacial score (nSPS) is 24.5. The van der Waals surface area contributed by atoms with Gasteiger partial charge in [0, 0.05) is 12.5 Å². The van der Waals surface area contributed by atoms with Gasteiger partial charge in [-0.3, -0.25) is 9.59 Å². The molecule has 0 aromatic heterocycles. The molecule has 0 spiro atoms. The molecule has 2 N–H and O–H groups in total. The van der Waals surface area contributed by atoms with Crippen molar-refractivity contribution in [2.45, 2.75) is 43.9 Å². The lowest BCUT2D eigenvalue weighted by atomic mass is 10.0. The summed E-state index contributed by atoms with van der Waals surface area (Å²) >= 11 is 0. The number of alkyl halides is 3. The largest absolute Gasteiger partial charge is 0.493 e. The molecule has 0 aromatic rings. The van der Waals surface area contributed by atoms with Crippen LogP contribution in [0.1, 0.15) is 25.7 Å². The summed E-state index contributed by atoms with van der Waals surface area (Å²) in [6.45, 7) is 1.54. The molecular formula is C12H16F3N3O4. The first-order valence-electron chi connectivity index (χ1n) is 6.91. The Labute approximate surface area is 124 Å². The summed E-state index contributed by atoms with van der Waals surface area (Å²) in [7, 11) is 0. The fraction of sp³-hybridized carbons (Fsp3) is 0.750. The fourth-order valence-corrected chi connectivity index (χ4v) is 2.42. The summed E-state index contributed by atoms with van der Waals surface area (Å²) in [5.74, 6) is -4.50. The minimum absolute atomic E-state index is 0.0311. The van der Waals surface area contributed by atoms with Gasteiger partial charge in [-0.2, -0.15) is 13.2 Å². The molecule has 2 aliphatic heterocycles. The molecule has 0 bridgehead atoms. The minimum atomic E-state index is -5.27. The number of imide groups is 1. The van der Waals surface area contributed by atoms with E-state index in [-0.39, 0.29) is 23.9 Å². The highest BCUT2D eigenvalue weighted by atomic mass is 19.4. The number of hydrogen-bond acceptors (Lipinski definition) is 6. The van der Waals surface area contributed by atoms with Gasteiger partial charge in [-0.25, -0.2) is 4.79 Å². The lowest BCUT2D eigenvalue weighted by Gasteiger charge is -2.33. The molecule has 2 rings (SSSR count). The molecule has 1 unspecified atom stereocenters. The highest BCUT2D eigenvalue weighted by molar-refractivity contribution is 6.00. The summed E-state index contributed by atoms with van der Waals surface area (Å²) in [5, 5.41) is 6.08. The van der Waals surface area contributed by atoms with Crippen LogP contribution in [0.15, 0.2) is 0 Å². The number of hydrogen-bond donors (Lipinski definition) is 2. The summed E-state index contributed by atoms with van der Waals surface area (Å²) in [6.07, 6.45) is -3.74. The van der Waals surface area contributed by atoms with E-state index in [9.17, 15) is 27.6 Å². The Bertz CT molecular complexity index is 463. The monoisotopic (exact) mass is 323 g/mol. The first-order valence-corrected chi connectivity index (χ1v) is 6.91. The van der Waals surface area contributed by atoms with Crippen molar-refractivity contribution in [1.29, 1.82) is 0 Å². The first kappa shape index (κ1) is 16.7. The van der Waals surface area contributed by atoms with Crippen LogP contribution < -0.4 is 10.6 Å². The third-order valence-corrected chi connectivity index (χ3v) is 3.55. The maximum atomic E-state index is 12.2. The topological polar surface area (TPSA) is 87.7 Å². The molecule has 0 aliphatic carbocycles. The Hall–Kier alpha value is -1.68. The number of amides is 2. The van der Waals surface area contributed by atoms with E-state index < -0.39 is 30.0 Å². The lowest BCUT2D eigenvalue weighted by Crippen LogP contribution is -2.57. The van der Waals surface area contributed by atoms with E-state index in [2.05, 4.69) is 15.5 Å². The van der Waals surface area contributed by atoms with E-state index in [0.717, 1.165) is 25.9 Å². The molecule has 2 amide bonds. The van der Waals surface area contributed by atoms with Gasteiger partial charge >= 0.3 is 12.1 Å². The minimum Gasteiger partial charge on any atom is -0.321 e. The number of rotatable bonds is 3. The Morgan fingerprint density at radius 3 is 2.45 bits per heavy atom. The van der Waals surface area contributed by atoms with E-state index in [1.54, 1.807) is 0 Å². The maximum absolute atomic E-state index is 12.2. The number of carbonyl (C=O) groups excluding carboxylic acids is 3. The van der Waals surface area contributed by atoms with Crippen molar-refractivity contribution in [2.24, 2.45) is 0 Å². The van der Waals surface area contributed by atoms with Crippen LogP contribution >= 0.6 is 0 Å². The second-order valence-corrected chi connectivity index (χ2v) is 5.19. The van der Waals surface area contributed by atoms with Gasteiger partial charge in [0.2, 0.25) is 0 Å². The second-order valence-electron chi connectivity index (χ2n) is 5.19. The van der Waals surface area contributed by atoms with Crippen LogP contribution in [0.4, 0.5) is 13.2 Å². The van der Waals surface area contributed by atoms with Gasteiger partial charge in [0.25, 0.3) is 11.8 Å². The molecule has 10 heteroatoms. The molecule has 2 heterocycles. The number of nitrogens with one attached hydrogen (secondary N) is 2. The quantitative estimate of drug-likeness (QED) is 0.703. The zero-order valence-corrected chi connectivity index (χ0v) is 11.6. The second kappa shape index (κ2) is 6.61. The molecule has 1 atom stereocenters. The van der Waals surface area contributed by atoms with Gasteiger partial charge in [0.15, 0.2) is 0 Å². The average molecular weight is 323 g/mol. The number of carbonyl (C=O) groups is 3. The van der Waals surface area contributed by atoms with Crippen LogP contribution in [0.5, 0.6) is 0 Å².